The molecule has 1 fully saturated rings. The van der Waals surface area contributed by atoms with Gasteiger partial charge in [0.25, 0.3) is 5.91 Å². The van der Waals surface area contributed by atoms with Crippen LogP contribution in [0.1, 0.15) is 42.2 Å². The van der Waals surface area contributed by atoms with Gasteiger partial charge in [0.15, 0.2) is 11.5 Å². The lowest BCUT2D eigenvalue weighted by Crippen LogP contribution is -2.30. The third-order valence-corrected chi connectivity index (χ3v) is 4.77. The van der Waals surface area contributed by atoms with Crippen LogP contribution in [0.2, 0.25) is 0 Å². The number of primary amides is 1. The van der Waals surface area contributed by atoms with Gasteiger partial charge in [-0.2, -0.15) is 4.98 Å². The molecule has 9 heteroatoms. The Morgan fingerprint density at radius 2 is 2.00 bits per heavy atom. The van der Waals surface area contributed by atoms with E-state index in [2.05, 4.69) is 46.2 Å². The van der Waals surface area contributed by atoms with Crippen LogP contribution in [-0.2, 0) is 4.79 Å². The van der Waals surface area contributed by atoms with Crippen molar-refractivity contribution in [2.24, 2.45) is 5.73 Å². The van der Waals surface area contributed by atoms with E-state index in [9.17, 15) is 9.59 Å². The molecule has 0 unspecified atom stereocenters. The third kappa shape index (κ3) is 4.87. The number of hydrogen-bond donors (Lipinski definition) is 3. The zero-order chi connectivity index (χ0) is 21.0. The Labute approximate surface area is 169 Å². The Morgan fingerprint density at radius 1 is 1.28 bits per heavy atom. The Hall–Kier alpha value is -3.49. The first-order chi connectivity index (χ1) is 13.9. The lowest BCUT2D eigenvalue weighted by molar-refractivity contribution is -0.125. The minimum Gasteiger partial charge on any atom is -0.364 e. The number of likely N-dealkylation sites (tertiary alicyclic amines) is 1. The first-order valence-electron chi connectivity index (χ1n) is 9.46. The zero-order valence-electron chi connectivity index (χ0n) is 16.6. The van der Waals surface area contributed by atoms with Crippen LogP contribution in [0, 0.1) is 0 Å². The van der Waals surface area contributed by atoms with Crippen LogP contribution >= 0.6 is 0 Å². The Morgan fingerprint density at radius 3 is 2.62 bits per heavy atom. The van der Waals surface area contributed by atoms with Crippen LogP contribution in [0.3, 0.4) is 0 Å². The lowest BCUT2D eigenvalue weighted by atomic mass is 10.0. The van der Waals surface area contributed by atoms with Crippen molar-refractivity contribution < 1.29 is 9.59 Å². The van der Waals surface area contributed by atoms with Gasteiger partial charge in [-0.3, -0.25) is 9.59 Å². The van der Waals surface area contributed by atoms with Crippen molar-refractivity contribution in [2.45, 2.75) is 32.2 Å². The maximum atomic E-state index is 11.7. The minimum atomic E-state index is -0.721. The predicted molar refractivity (Wildman–Crippen MR) is 111 cm³/mol. The molecule has 152 valence electrons. The van der Waals surface area contributed by atoms with Crippen LogP contribution in [0.25, 0.3) is 0 Å². The van der Waals surface area contributed by atoms with E-state index in [4.69, 9.17) is 5.73 Å². The van der Waals surface area contributed by atoms with Crippen LogP contribution in [-0.4, -0.2) is 51.0 Å². The van der Waals surface area contributed by atoms with Crippen molar-refractivity contribution in [3.05, 3.63) is 48.2 Å². The zero-order valence-corrected chi connectivity index (χ0v) is 16.6. The number of nitrogens with one attached hydrogen (secondary N) is 2. The van der Waals surface area contributed by atoms with E-state index in [0.29, 0.717) is 19.0 Å². The molecule has 0 aliphatic carbocycles. The van der Waals surface area contributed by atoms with E-state index in [1.165, 1.54) is 11.6 Å². The fraction of sp³-hybridized carbons (Fsp3) is 0.350. The van der Waals surface area contributed by atoms with Crippen molar-refractivity contribution in [2.75, 3.05) is 23.7 Å². The largest absolute Gasteiger partial charge is 0.364 e. The molecule has 1 atom stereocenters. The molecule has 1 saturated heterocycles. The van der Waals surface area contributed by atoms with Gasteiger partial charge < -0.3 is 21.3 Å². The summed E-state index contributed by atoms with van der Waals surface area (Å²) in [6.45, 7) is 8.89. The first-order valence-corrected chi connectivity index (χ1v) is 9.46. The molecule has 2 amide bonds. The summed E-state index contributed by atoms with van der Waals surface area (Å²) in [6, 6.07) is 7.82. The van der Waals surface area contributed by atoms with Crippen molar-refractivity contribution in [1.29, 1.82) is 0 Å². The van der Waals surface area contributed by atoms with Gasteiger partial charge in [-0.1, -0.05) is 32.6 Å². The number of anilines is 3. The molecule has 1 aliphatic rings. The smallest absolute Gasteiger partial charge is 0.273 e. The second kappa shape index (κ2) is 8.68. The first kappa shape index (κ1) is 20.2. The molecule has 0 spiro atoms. The van der Waals surface area contributed by atoms with Crippen molar-refractivity contribution in [3.8, 4) is 0 Å². The number of aromatic nitrogens is 3. The summed E-state index contributed by atoms with van der Waals surface area (Å²) in [4.78, 5) is 29.5. The van der Waals surface area contributed by atoms with Crippen LogP contribution < -0.4 is 16.4 Å². The molecule has 1 aliphatic heterocycles. The highest BCUT2D eigenvalue weighted by Crippen LogP contribution is 2.22. The standard InChI is InChI=1S/C20H25N7O2/c1-4-16(28)27-10-9-15(11-27)23-20-24-19(17(18(21)29)25-26-20)22-14-7-5-13(6-8-14)12(2)3/h4-8,12,15H,1,9-11H2,2-3H3,(H2,21,29)(H2,22,23,24,26)/t15-/m0/s1. The topological polar surface area (TPSA) is 126 Å². The molecular formula is C20H25N7O2. The third-order valence-electron chi connectivity index (χ3n) is 4.77. The van der Waals surface area contributed by atoms with E-state index < -0.39 is 5.91 Å². The molecule has 1 aromatic carbocycles. The van der Waals surface area contributed by atoms with Crippen molar-refractivity contribution in [1.82, 2.24) is 20.1 Å². The highest BCUT2D eigenvalue weighted by Gasteiger charge is 2.26. The Kier molecular flexibility index (Phi) is 6.06. The number of carbonyl (C=O) groups is 2. The summed E-state index contributed by atoms with van der Waals surface area (Å²) in [7, 11) is 0. The van der Waals surface area contributed by atoms with Crippen molar-refractivity contribution in [3.63, 3.8) is 0 Å². The van der Waals surface area contributed by atoms with Gasteiger partial charge in [-0.25, -0.2) is 0 Å². The molecule has 2 heterocycles. The summed E-state index contributed by atoms with van der Waals surface area (Å²) in [5.41, 5.74) is 7.33. The fourth-order valence-corrected chi connectivity index (χ4v) is 3.12. The highest BCUT2D eigenvalue weighted by atomic mass is 16.2. The second-order valence-corrected chi connectivity index (χ2v) is 7.22. The van der Waals surface area contributed by atoms with Gasteiger partial charge in [0.1, 0.15) is 0 Å². The van der Waals surface area contributed by atoms with Gasteiger partial charge in [0.05, 0.1) is 0 Å². The minimum absolute atomic E-state index is 0.0155. The molecule has 29 heavy (non-hydrogen) atoms. The summed E-state index contributed by atoms with van der Waals surface area (Å²) in [5, 5.41) is 14.1. The molecule has 4 N–H and O–H groups in total. The second-order valence-electron chi connectivity index (χ2n) is 7.22. The normalized spacial score (nSPS) is 16.0. The number of hydrogen-bond acceptors (Lipinski definition) is 7. The van der Waals surface area contributed by atoms with Crippen LogP contribution in [0.15, 0.2) is 36.9 Å². The SMILES string of the molecule is C=CC(=O)N1CC[C@H](Nc2nnc(C(N)=O)c(Nc3ccc(C(C)C)cc3)n2)C1. The summed E-state index contributed by atoms with van der Waals surface area (Å²) < 4.78 is 0. The molecule has 0 bridgehead atoms. The lowest BCUT2D eigenvalue weighted by Gasteiger charge is -2.16. The monoisotopic (exact) mass is 395 g/mol. The van der Waals surface area contributed by atoms with Gasteiger partial charge in [0.2, 0.25) is 11.9 Å². The molecule has 0 radical (unpaired) electrons. The number of nitrogens with two attached hydrogens (primary N) is 1. The predicted octanol–water partition coefficient (Wildman–Crippen LogP) is 2.04. The molecule has 1 aromatic heterocycles. The molecule has 2 aromatic rings. The van der Waals surface area contributed by atoms with E-state index in [-0.39, 0.29) is 29.4 Å². The quantitative estimate of drug-likeness (QED) is 0.612. The van der Waals surface area contributed by atoms with Gasteiger partial charge in [0, 0.05) is 24.8 Å². The Bertz CT molecular complexity index is 912. The average molecular weight is 395 g/mol. The average Bonchev–Trinajstić information content (AvgIpc) is 3.16. The fourth-order valence-electron chi connectivity index (χ4n) is 3.12. The van der Waals surface area contributed by atoms with E-state index in [1.54, 1.807) is 4.90 Å². The van der Waals surface area contributed by atoms with Gasteiger partial charge >= 0.3 is 0 Å². The van der Waals surface area contributed by atoms with E-state index in [1.807, 2.05) is 24.3 Å². The maximum Gasteiger partial charge on any atom is 0.273 e. The van der Waals surface area contributed by atoms with Gasteiger partial charge in [-0.15, -0.1) is 10.2 Å². The highest BCUT2D eigenvalue weighted by molar-refractivity contribution is 5.96. The summed E-state index contributed by atoms with van der Waals surface area (Å²) in [6.07, 6.45) is 2.05. The summed E-state index contributed by atoms with van der Waals surface area (Å²) in [5.74, 6) is 0.0744. The Balaban J connectivity index is 1.76. The number of rotatable bonds is 7. The van der Waals surface area contributed by atoms with E-state index >= 15 is 0 Å². The van der Waals surface area contributed by atoms with Crippen LogP contribution in [0.4, 0.5) is 17.5 Å². The van der Waals surface area contributed by atoms with Crippen LogP contribution in [0.5, 0.6) is 0 Å². The molecular weight excluding hydrogens is 370 g/mol. The number of amides is 2. The number of carbonyl (C=O) groups excluding carboxylic acids is 2. The number of benzene rings is 1. The maximum absolute atomic E-state index is 11.7. The number of nitrogens with zero attached hydrogens (tertiary/aromatic N) is 4. The van der Waals surface area contributed by atoms with Gasteiger partial charge in [-0.05, 0) is 36.1 Å². The van der Waals surface area contributed by atoms with E-state index in [0.717, 1.165) is 12.1 Å². The molecule has 0 saturated carbocycles. The van der Waals surface area contributed by atoms with Crippen molar-refractivity contribution >= 4 is 29.3 Å². The molecule has 3 rings (SSSR count). The summed E-state index contributed by atoms with van der Waals surface area (Å²) >= 11 is 0. The molecule has 9 nitrogen and oxygen atoms in total.